The predicted molar refractivity (Wildman–Crippen MR) is 118 cm³/mol. The Morgan fingerprint density at radius 1 is 1.03 bits per heavy atom. The van der Waals surface area contributed by atoms with Crippen molar-refractivity contribution in [3.63, 3.8) is 0 Å². The Hall–Kier alpha value is -3.49. The van der Waals surface area contributed by atoms with Crippen LogP contribution in [0, 0.1) is 0 Å². The molecule has 0 radical (unpaired) electrons. The van der Waals surface area contributed by atoms with Crippen molar-refractivity contribution in [2.75, 3.05) is 0 Å². The zero-order valence-electron chi connectivity index (χ0n) is 16.9. The molecule has 0 aliphatic rings. The topological polar surface area (TPSA) is 92.6 Å². The molecule has 0 saturated heterocycles. The summed E-state index contributed by atoms with van der Waals surface area (Å²) in [5.41, 5.74) is 2.62. The Morgan fingerprint density at radius 3 is 2.58 bits per heavy atom. The number of imidazole rings is 1. The second kappa shape index (κ2) is 8.71. The van der Waals surface area contributed by atoms with Gasteiger partial charge in [0.25, 0.3) is 5.91 Å². The molecule has 0 aliphatic heterocycles. The monoisotopic (exact) mass is 434 g/mol. The molecule has 4 rings (SSSR count). The van der Waals surface area contributed by atoms with E-state index in [1.807, 2.05) is 65.3 Å². The minimum absolute atomic E-state index is 0.0376. The Labute approximate surface area is 180 Å². The maximum Gasteiger partial charge on any atom is 0.251 e. The largest absolute Gasteiger partial charge is 0.346 e. The number of nitrogens with zero attached hydrogens (tertiary/aromatic N) is 2. The predicted octanol–water partition coefficient (Wildman–Crippen LogP) is 3.30. The second-order valence-electron chi connectivity index (χ2n) is 7.16. The van der Waals surface area contributed by atoms with E-state index in [-0.39, 0.29) is 22.9 Å². The maximum absolute atomic E-state index is 12.8. The normalized spacial score (nSPS) is 12.5. The Balaban J connectivity index is 1.45. The molecule has 0 aliphatic carbocycles. The van der Waals surface area contributed by atoms with Gasteiger partial charge in [-0.15, -0.1) is 0 Å². The van der Waals surface area contributed by atoms with Crippen molar-refractivity contribution < 1.29 is 13.2 Å². The van der Waals surface area contributed by atoms with Crippen LogP contribution in [0.4, 0.5) is 0 Å². The maximum atomic E-state index is 12.8. The standard InChI is InChI=1S/C23H22N4O3S/c1-17(18-8-3-2-4-9-18)26-31(29,30)21-11-7-10-19(14-21)23(28)24-15-20-16-27-13-6-5-12-22(27)25-20/h2-14,16-17,26H,15H2,1H3,(H,24,28). The lowest BCUT2D eigenvalue weighted by atomic mass is 10.1. The van der Waals surface area contributed by atoms with Gasteiger partial charge in [0.1, 0.15) is 5.65 Å². The van der Waals surface area contributed by atoms with Crippen LogP contribution in [0.15, 0.2) is 90.1 Å². The van der Waals surface area contributed by atoms with Gasteiger partial charge in [-0.05, 0) is 42.8 Å². The summed E-state index contributed by atoms with van der Waals surface area (Å²) in [6.07, 6.45) is 3.72. The summed E-state index contributed by atoms with van der Waals surface area (Å²) in [7, 11) is -3.79. The first-order chi connectivity index (χ1) is 14.9. The van der Waals surface area contributed by atoms with Gasteiger partial charge in [0.15, 0.2) is 0 Å². The van der Waals surface area contributed by atoms with E-state index in [0.29, 0.717) is 5.69 Å². The highest BCUT2D eigenvalue weighted by molar-refractivity contribution is 7.89. The molecule has 158 valence electrons. The second-order valence-corrected chi connectivity index (χ2v) is 8.88. The zero-order valence-corrected chi connectivity index (χ0v) is 17.7. The quantitative estimate of drug-likeness (QED) is 0.467. The van der Waals surface area contributed by atoms with Crippen LogP contribution in [0.25, 0.3) is 5.65 Å². The number of benzene rings is 2. The van der Waals surface area contributed by atoms with Gasteiger partial charge in [-0.2, -0.15) is 0 Å². The van der Waals surface area contributed by atoms with Gasteiger partial charge in [0.2, 0.25) is 10.0 Å². The van der Waals surface area contributed by atoms with Crippen molar-refractivity contribution in [2.24, 2.45) is 0 Å². The summed E-state index contributed by atoms with van der Waals surface area (Å²) in [5.74, 6) is -0.370. The van der Waals surface area contributed by atoms with Gasteiger partial charge in [0.05, 0.1) is 17.1 Å². The molecule has 1 unspecified atom stereocenters. The molecule has 0 saturated carbocycles. The number of nitrogens with one attached hydrogen (secondary N) is 2. The van der Waals surface area contributed by atoms with Crippen LogP contribution in [-0.4, -0.2) is 23.7 Å². The van der Waals surface area contributed by atoms with Gasteiger partial charge in [-0.3, -0.25) is 4.79 Å². The molecule has 8 heteroatoms. The smallest absolute Gasteiger partial charge is 0.251 e. The molecule has 0 spiro atoms. The van der Waals surface area contributed by atoms with Crippen LogP contribution >= 0.6 is 0 Å². The fourth-order valence-corrected chi connectivity index (χ4v) is 4.54. The van der Waals surface area contributed by atoms with E-state index < -0.39 is 16.1 Å². The van der Waals surface area contributed by atoms with E-state index in [4.69, 9.17) is 0 Å². The molecule has 2 aromatic heterocycles. The number of fused-ring (bicyclic) bond motifs is 1. The van der Waals surface area contributed by atoms with E-state index in [1.54, 1.807) is 19.1 Å². The highest BCUT2D eigenvalue weighted by atomic mass is 32.2. The van der Waals surface area contributed by atoms with E-state index >= 15 is 0 Å². The summed E-state index contributed by atoms with van der Waals surface area (Å²) in [5, 5.41) is 2.79. The molecule has 0 fully saturated rings. The number of pyridine rings is 1. The van der Waals surface area contributed by atoms with Crippen molar-refractivity contribution in [3.05, 3.63) is 102 Å². The first-order valence-electron chi connectivity index (χ1n) is 9.80. The van der Waals surface area contributed by atoms with Crippen molar-refractivity contribution in [1.29, 1.82) is 0 Å². The number of carbonyl (C=O) groups excluding carboxylic acids is 1. The third kappa shape index (κ3) is 4.82. The summed E-state index contributed by atoms with van der Waals surface area (Å²) < 4.78 is 30.2. The lowest BCUT2D eigenvalue weighted by Crippen LogP contribution is -2.27. The van der Waals surface area contributed by atoms with Crippen LogP contribution in [-0.2, 0) is 16.6 Å². The Morgan fingerprint density at radius 2 is 1.81 bits per heavy atom. The molecule has 2 heterocycles. The molecule has 0 bridgehead atoms. The fourth-order valence-electron chi connectivity index (χ4n) is 3.26. The number of rotatable bonds is 7. The minimum atomic E-state index is -3.79. The summed E-state index contributed by atoms with van der Waals surface area (Å²) in [4.78, 5) is 17.1. The van der Waals surface area contributed by atoms with E-state index in [0.717, 1.165) is 11.2 Å². The molecule has 7 nitrogen and oxygen atoms in total. The van der Waals surface area contributed by atoms with Crippen LogP contribution in [0.5, 0.6) is 0 Å². The van der Waals surface area contributed by atoms with Gasteiger partial charge in [-0.1, -0.05) is 42.5 Å². The van der Waals surface area contributed by atoms with E-state index in [9.17, 15) is 13.2 Å². The number of hydrogen-bond acceptors (Lipinski definition) is 4. The molecule has 2 aromatic carbocycles. The molecular formula is C23H22N4O3S. The van der Waals surface area contributed by atoms with Crippen LogP contribution in [0.2, 0.25) is 0 Å². The number of hydrogen-bond donors (Lipinski definition) is 2. The third-order valence-corrected chi connectivity index (χ3v) is 6.42. The number of aromatic nitrogens is 2. The molecule has 1 amide bonds. The fraction of sp³-hybridized carbons (Fsp3) is 0.130. The molecule has 4 aromatic rings. The average Bonchev–Trinajstić information content (AvgIpc) is 3.21. The van der Waals surface area contributed by atoms with Crippen molar-refractivity contribution in [2.45, 2.75) is 24.4 Å². The highest BCUT2D eigenvalue weighted by Crippen LogP contribution is 2.18. The lowest BCUT2D eigenvalue weighted by molar-refractivity contribution is 0.0950. The van der Waals surface area contributed by atoms with Gasteiger partial charge < -0.3 is 9.72 Å². The molecular weight excluding hydrogens is 412 g/mol. The van der Waals surface area contributed by atoms with E-state index in [2.05, 4.69) is 15.0 Å². The first-order valence-corrected chi connectivity index (χ1v) is 11.3. The van der Waals surface area contributed by atoms with Gasteiger partial charge in [0, 0.05) is 24.0 Å². The van der Waals surface area contributed by atoms with Crippen molar-refractivity contribution in [1.82, 2.24) is 19.4 Å². The van der Waals surface area contributed by atoms with Crippen LogP contribution in [0.1, 0.15) is 34.6 Å². The molecule has 2 N–H and O–H groups in total. The Bertz CT molecular complexity index is 1280. The highest BCUT2D eigenvalue weighted by Gasteiger charge is 2.20. The zero-order chi connectivity index (χ0) is 21.8. The summed E-state index contributed by atoms with van der Waals surface area (Å²) in [6.45, 7) is 2.01. The summed E-state index contributed by atoms with van der Waals surface area (Å²) >= 11 is 0. The van der Waals surface area contributed by atoms with Gasteiger partial charge in [-0.25, -0.2) is 18.1 Å². The molecule has 1 atom stereocenters. The SMILES string of the molecule is CC(NS(=O)(=O)c1cccc(C(=O)NCc2cn3ccccc3n2)c1)c1ccccc1. The molecule has 31 heavy (non-hydrogen) atoms. The van der Waals surface area contributed by atoms with Crippen LogP contribution < -0.4 is 10.0 Å². The first kappa shape index (κ1) is 20.8. The lowest BCUT2D eigenvalue weighted by Gasteiger charge is -2.15. The summed E-state index contributed by atoms with van der Waals surface area (Å²) in [6, 6.07) is 20.5. The Kier molecular flexibility index (Phi) is 5.83. The van der Waals surface area contributed by atoms with Crippen LogP contribution in [0.3, 0.4) is 0 Å². The van der Waals surface area contributed by atoms with Crippen molar-refractivity contribution in [3.8, 4) is 0 Å². The third-order valence-electron chi connectivity index (χ3n) is 4.88. The number of amides is 1. The average molecular weight is 435 g/mol. The number of sulfonamides is 1. The number of carbonyl (C=O) groups is 1. The van der Waals surface area contributed by atoms with Crippen molar-refractivity contribution >= 4 is 21.6 Å². The minimum Gasteiger partial charge on any atom is -0.346 e. The van der Waals surface area contributed by atoms with E-state index in [1.165, 1.54) is 12.1 Å². The van der Waals surface area contributed by atoms with Gasteiger partial charge >= 0.3 is 0 Å².